The van der Waals surface area contributed by atoms with Gasteiger partial charge in [-0.3, -0.25) is 4.79 Å². The average molecular weight is 454 g/mol. The zero-order valence-corrected chi connectivity index (χ0v) is 19.0. The van der Waals surface area contributed by atoms with Gasteiger partial charge in [-0.1, -0.05) is 60.2 Å². The van der Waals surface area contributed by atoms with Crippen LogP contribution in [0, 0.1) is 6.92 Å². The fourth-order valence-corrected chi connectivity index (χ4v) is 4.05. The third kappa shape index (κ3) is 6.67. The van der Waals surface area contributed by atoms with Gasteiger partial charge in [0.05, 0.1) is 6.61 Å². The Kier molecular flexibility index (Phi) is 8.03. The van der Waals surface area contributed by atoms with Gasteiger partial charge in [0.1, 0.15) is 16.7 Å². The van der Waals surface area contributed by atoms with Crippen LogP contribution >= 0.6 is 0 Å². The van der Waals surface area contributed by atoms with Crippen LogP contribution in [-0.2, 0) is 32.6 Å². The second-order valence-corrected chi connectivity index (χ2v) is 8.92. The molecule has 6 nitrogen and oxygen atoms in total. The standard InChI is InChI=1S/C25H27NO5S/c1-3-30-25(27)24(26-18-21-7-5-4-6-8-21)17-20-11-13-22(14-12-20)31-32(28,29)23-15-9-19(2)10-16-23/h4-16,24,26H,3,17-18H2,1-2H3. The van der Waals surface area contributed by atoms with Gasteiger partial charge in [0, 0.05) is 6.54 Å². The van der Waals surface area contributed by atoms with Crippen LogP contribution in [0.3, 0.4) is 0 Å². The highest BCUT2D eigenvalue weighted by Crippen LogP contribution is 2.20. The van der Waals surface area contributed by atoms with Crippen molar-refractivity contribution in [2.75, 3.05) is 6.61 Å². The Bertz CT molecular complexity index is 1110. The number of aryl methyl sites for hydroxylation is 1. The first-order valence-electron chi connectivity index (χ1n) is 10.4. The van der Waals surface area contributed by atoms with Gasteiger partial charge in [-0.2, -0.15) is 8.42 Å². The van der Waals surface area contributed by atoms with Crippen molar-refractivity contribution < 1.29 is 22.1 Å². The largest absolute Gasteiger partial charge is 0.465 e. The summed E-state index contributed by atoms with van der Waals surface area (Å²) in [5.74, 6) is -0.120. The van der Waals surface area contributed by atoms with Crippen molar-refractivity contribution in [1.29, 1.82) is 0 Å². The van der Waals surface area contributed by atoms with Crippen molar-refractivity contribution in [3.63, 3.8) is 0 Å². The molecule has 0 aromatic heterocycles. The number of benzene rings is 3. The third-order valence-corrected chi connectivity index (χ3v) is 6.11. The van der Waals surface area contributed by atoms with Gasteiger partial charge in [-0.25, -0.2) is 0 Å². The van der Waals surface area contributed by atoms with Crippen molar-refractivity contribution in [2.45, 2.75) is 37.8 Å². The first kappa shape index (κ1) is 23.5. The van der Waals surface area contributed by atoms with Crippen LogP contribution in [0.4, 0.5) is 0 Å². The Morgan fingerprint density at radius 3 is 2.19 bits per heavy atom. The molecule has 3 aromatic carbocycles. The highest BCUT2D eigenvalue weighted by atomic mass is 32.2. The zero-order chi connectivity index (χ0) is 23.0. The van der Waals surface area contributed by atoms with Gasteiger partial charge in [-0.15, -0.1) is 0 Å². The molecular formula is C25H27NO5S. The molecule has 32 heavy (non-hydrogen) atoms. The van der Waals surface area contributed by atoms with E-state index in [-0.39, 0.29) is 16.6 Å². The minimum atomic E-state index is -3.91. The number of carbonyl (C=O) groups is 1. The maximum absolute atomic E-state index is 12.5. The summed E-state index contributed by atoms with van der Waals surface area (Å²) in [5, 5.41) is 3.25. The van der Waals surface area contributed by atoms with E-state index >= 15 is 0 Å². The number of hydrogen-bond acceptors (Lipinski definition) is 6. The molecule has 0 radical (unpaired) electrons. The van der Waals surface area contributed by atoms with Crippen molar-refractivity contribution in [1.82, 2.24) is 5.32 Å². The lowest BCUT2D eigenvalue weighted by molar-refractivity contribution is -0.145. The third-order valence-electron chi connectivity index (χ3n) is 4.85. The normalized spacial score (nSPS) is 12.2. The summed E-state index contributed by atoms with van der Waals surface area (Å²) in [7, 11) is -3.91. The first-order chi connectivity index (χ1) is 15.4. The molecule has 0 heterocycles. The van der Waals surface area contributed by atoms with Gasteiger partial charge in [-0.05, 0) is 55.7 Å². The molecule has 1 atom stereocenters. The van der Waals surface area contributed by atoms with E-state index in [0.29, 0.717) is 19.6 Å². The SMILES string of the molecule is CCOC(=O)C(Cc1ccc(OS(=O)(=O)c2ccc(C)cc2)cc1)NCc1ccccc1. The van der Waals surface area contributed by atoms with Crippen LogP contribution in [0.5, 0.6) is 5.75 Å². The smallest absolute Gasteiger partial charge is 0.339 e. The summed E-state index contributed by atoms with van der Waals surface area (Å²) >= 11 is 0. The van der Waals surface area contributed by atoms with Crippen LogP contribution < -0.4 is 9.50 Å². The summed E-state index contributed by atoms with van der Waals surface area (Å²) in [5.41, 5.74) is 2.88. The predicted molar refractivity (Wildman–Crippen MR) is 123 cm³/mol. The Balaban J connectivity index is 1.67. The fraction of sp³-hybridized carbons (Fsp3) is 0.240. The lowest BCUT2D eigenvalue weighted by Gasteiger charge is -2.18. The second-order valence-electron chi connectivity index (χ2n) is 7.37. The molecule has 0 aliphatic heterocycles. The number of hydrogen-bond donors (Lipinski definition) is 1. The molecule has 3 rings (SSSR count). The van der Waals surface area contributed by atoms with Gasteiger partial charge < -0.3 is 14.2 Å². The first-order valence-corrected chi connectivity index (χ1v) is 11.8. The topological polar surface area (TPSA) is 81.7 Å². The average Bonchev–Trinajstić information content (AvgIpc) is 2.78. The number of carbonyl (C=O) groups excluding carboxylic acids is 1. The maximum atomic E-state index is 12.5. The van der Waals surface area contributed by atoms with Gasteiger partial charge in [0.15, 0.2) is 0 Å². The summed E-state index contributed by atoms with van der Waals surface area (Å²) in [6.45, 7) is 4.48. The quantitative estimate of drug-likeness (QED) is 0.369. The zero-order valence-electron chi connectivity index (χ0n) is 18.2. The van der Waals surface area contributed by atoms with E-state index in [9.17, 15) is 13.2 Å². The summed E-state index contributed by atoms with van der Waals surface area (Å²) < 4.78 is 35.4. The fourth-order valence-electron chi connectivity index (χ4n) is 3.12. The molecule has 0 fully saturated rings. The Morgan fingerprint density at radius 1 is 0.906 bits per heavy atom. The lowest BCUT2D eigenvalue weighted by atomic mass is 10.1. The summed E-state index contributed by atoms with van der Waals surface area (Å²) in [4.78, 5) is 12.5. The van der Waals surface area contributed by atoms with Crippen molar-refractivity contribution in [3.05, 3.63) is 95.6 Å². The van der Waals surface area contributed by atoms with Crippen molar-refractivity contribution in [2.24, 2.45) is 0 Å². The minimum Gasteiger partial charge on any atom is -0.465 e. The van der Waals surface area contributed by atoms with Gasteiger partial charge >= 0.3 is 16.1 Å². The van der Waals surface area contributed by atoms with Crippen LogP contribution in [0.25, 0.3) is 0 Å². The van der Waals surface area contributed by atoms with E-state index in [4.69, 9.17) is 8.92 Å². The molecule has 1 N–H and O–H groups in total. The number of esters is 1. The molecule has 0 aliphatic carbocycles. The van der Waals surface area contributed by atoms with E-state index in [2.05, 4.69) is 5.32 Å². The summed E-state index contributed by atoms with van der Waals surface area (Å²) in [6.07, 6.45) is 0.399. The minimum absolute atomic E-state index is 0.0969. The highest BCUT2D eigenvalue weighted by Gasteiger charge is 2.20. The van der Waals surface area contributed by atoms with Crippen LogP contribution in [0.2, 0.25) is 0 Å². The van der Waals surface area contributed by atoms with E-state index < -0.39 is 16.2 Å². The van der Waals surface area contributed by atoms with Crippen LogP contribution in [-0.4, -0.2) is 27.0 Å². The number of ether oxygens (including phenoxy) is 1. The number of rotatable bonds is 10. The van der Waals surface area contributed by atoms with Crippen molar-refractivity contribution >= 4 is 16.1 Å². The molecule has 0 saturated carbocycles. The molecule has 0 amide bonds. The van der Waals surface area contributed by atoms with E-state index in [1.807, 2.05) is 37.3 Å². The lowest BCUT2D eigenvalue weighted by Crippen LogP contribution is -2.39. The van der Waals surface area contributed by atoms with Crippen molar-refractivity contribution in [3.8, 4) is 5.75 Å². The maximum Gasteiger partial charge on any atom is 0.339 e. The van der Waals surface area contributed by atoms with E-state index in [0.717, 1.165) is 16.7 Å². The highest BCUT2D eigenvalue weighted by molar-refractivity contribution is 7.87. The Labute approximate surface area is 189 Å². The van der Waals surface area contributed by atoms with Crippen LogP contribution in [0.1, 0.15) is 23.6 Å². The Morgan fingerprint density at radius 2 is 1.56 bits per heavy atom. The molecule has 0 bridgehead atoms. The molecule has 3 aromatic rings. The summed E-state index contributed by atoms with van der Waals surface area (Å²) in [6, 6.07) is 22.4. The van der Waals surface area contributed by atoms with Gasteiger partial charge in [0.25, 0.3) is 0 Å². The molecule has 0 spiro atoms. The van der Waals surface area contributed by atoms with E-state index in [1.165, 1.54) is 12.1 Å². The molecule has 0 saturated heterocycles. The van der Waals surface area contributed by atoms with Gasteiger partial charge in [0.2, 0.25) is 0 Å². The second kappa shape index (κ2) is 10.9. The van der Waals surface area contributed by atoms with E-state index in [1.54, 1.807) is 43.3 Å². The molecule has 0 aliphatic rings. The predicted octanol–water partition coefficient (Wildman–Crippen LogP) is 4.03. The molecule has 168 valence electrons. The molecule has 7 heteroatoms. The Hall–Kier alpha value is -3.16. The van der Waals surface area contributed by atoms with Crippen LogP contribution in [0.15, 0.2) is 83.8 Å². The monoisotopic (exact) mass is 453 g/mol. The number of nitrogens with one attached hydrogen (secondary N) is 1. The molecular weight excluding hydrogens is 426 g/mol. The molecule has 1 unspecified atom stereocenters.